The summed E-state index contributed by atoms with van der Waals surface area (Å²) in [6.07, 6.45) is 7.18. The minimum atomic E-state index is -0.324. The number of benzene rings is 1. The van der Waals surface area contributed by atoms with Gasteiger partial charge in [0.25, 0.3) is 0 Å². The summed E-state index contributed by atoms with van der Waals surface area (Å²) in [4.78, 5) is 12.3. The molecule has 1 aromatic carbocycles. The SMILES string of the molecule is CC(C)Oc1cc(F)ccc1Nc1ncnc2[nH]c3c(c12)CCCCC3. The van der Waals surface area contributed by atoms with Crippen LogP contribution in [0, 0.1) is 5.82 Å². The third kappa shape index (κ3) is 3.23. The second kappa shape index (κ2) is 6.94. The van der Waals surface area contributed by atoms with E-state index in [-0.39, 0.29) is 11.9 Å². The van der Waals surface area contributed by atoms with Crippen molar-refractivity contribution >= 4 is 22.5 Å². The Morgan fingerprint density at radius 2 is 2.00 bits per heavy atom. The number of hydrogen-bond donors (Lipinski definition) is 2. The molecule has 0 saturated carbocycles. The van der Waals surface area contributed by atoms with Gasteiger partial charge in [-0.1, -0.05) is 6.42 Å². The normalized spacial score (nSPS) is 14.3. The van der Waals surface area contributed by atoms with Gasteiger partial charge in [0.15, 0.2) is 0 Å². The Morgan fingerprint density at radius 1 is 1.15 bits per heavy atom. The van der Waals surface area contributed by atoms with Crippen molar-refractivity contribution in [3.05, 3.63) is 41.6 Å². The molecule has 0 spiro atoms. The fraction of sp³-hybridized carbons (Fsp3) is 0.400. The zero-order chi connectivity index (χ0) is 18.1. The van der Waals surface area contributed by atoms with Crippen LogP contribution in [0.2, 0.25) is 0 Å². The van der Waals surface area contributed by atoms with Gasteiger partial charge < -0.3 is 15.0 Å². The molecule has 0 radical (unpaired) electrons. The van der Waals surface area contributed by atoms with Crippen molar-refractivity contribution in [2.75, 3.05) is 5.32 Å². The molecule has 26 heavy (non-hydrogen) atoms. The summed E-state index contributed by atoms with van der Waals surface area (Å²) in [5.41, 5.74) is 4.11. The molecule has 1 aliphatic carbocycles. The maximum Gasteiger partial charge on any atom is 0.146 e. The van der Waals surface area contributed by atoms with Crippen molar-refractivity contribution in [2.24, 2.45) is 0 Å². The van der Waals surface area contributed by atoms with Gasteiger partial charge >= 0.3 is 0 Å². The zero-order valence-corrected chi connectivity index (χ0v) is 15.1. The molecule has 0 atom stereocenters. The number of hydrogen-bond acceptors (Lipinski definition) is 4. The summed E-state index contributed by atoms with van der Waals surface area (Å²) in [5.74, 6) is 0.887. The third-order valence-electron chi connectivity index (χ3n) is 4.70. The van der Waals surface area contributed by atoms with Crippen molar-refractivity contribution < 1.29 is 9.13 Å². The average Bonchev–Trinajstić information content (AvgIpc) is 2.79. The molecule has 2 aromatic heterocycles. The molecule has 2 N–H and O–H groups in total. The fourth-order valence-corrected chi connectivity index (χ4v) is 3.58. The van der Waals surface area contributed by atoms with Gasteiger partial charge in [0, 0.05) is 11.8 Å². The maximum atomic E-state index is 13.7. The number of nitrogens with zero attached hydrogens (tertiary/aromatic N) is 2. The molecule has 0 saturated heterocycles. The number of aromatic nitrogens is 3. The largest absolute Gasteiger partial charge is 0.489 e. The highest BCUT2D eigenvalue weighted by atomic mass is 19.1. The van der Waals surface area contributed by atoms with Gasteiger partial charge in [-0.25, -0.2) is 14.4 Å². The van der Waals surface area contributed by atoms with E-state index < -0.39 is 0 Å². The molecule has 5 nitrogen and oxygen atoms in total. The standard InChI is InChI=1S/C20H23FN4O/c1-12(2)26-17-10-13(21)8-9-16(17)25-20-18-14-6-4-3-5-7-15(14)24-19(18)22-11-23-20/h8-12H,3-7H2,1-2H3,(H2,22,23,24,25). The van der Waals surface area contributed by atoms with Gasteiger partial charge in [-0.15, -0.1) is 0 Å². The highest BCUT2D eigenvalue weighted by Crippen LogP contribution is 2.35. The van der Waals surface area contributed by atoms with Crippen molar-refractivity contribution in [3.63, 3.8) is 0 Å². The van der Waals surface area contributed by atoms with Crippen molar-refractivity contribution in [3.8, 4) is 5.75 Å². The molecule has 136 valence electrons. The first-order valence-electron chi connectivity index (χ1n) is 9.19. The van der Waals surface area contributed by atoms with Crippen LogP contribution in [0.4, 0.5) is 15.9 Å². The first-order valence-corrected chi connectivity index (χ1v) is 9.19. The molecule has 2 heterocycles. The highest BCUT2D eigenvalue weighted by Gasteiger charge is 2.19. The van der Waals surface area contributed by atoms with Gasteiger partial charge in [0.05, 0.1) is 17.2 Å². The number of fused-ring (bicyclic) bond motifs is 3. The van der Waals surface area contributed by atoms with Crippen LogP contribution in [0.5, 0.6) is 5.75 Å². The van der Waals surface area contributed by atoms with Crippen LogP contribution in [0.3, 0.4) is 0 Å². The first-order chi connectivity index (χ1) is 12.6. The predicted octanol–water partition coefficient (Wildman–Crippen LogP) is 4.90. The molecule has 0 aliphatic heterocycles. The topological polar surface area (TPSA) is 62.8 Å². The summed E-state index contributed by atoms with van der Waals surface area (Å²) < 4.78 is 19.4. The van der Waals surface area contributed by atoms with Crippen molar-refractivity contribution in [1.82, 2.24) is 15.0 Å². The number of nitrogens with one attached hydrogen (secondary N) is 2. The maximum absolute atomic E-state index is 13.7. The molecule has 0 amide bonds. The second-order valence-corrected chi connectivity index (χ2v) is 7.02. The van der Waals surface area contributed by atoms with E-state index in [1.165, 1.54) is 42.7 Å². The summed E-state index contributed by atoms with van der Waals surface area (Å²) in [6.45, 7) is 3.84. The quantitative estimate of drug-likeness (QED) is 0.654. The molecule has 3 aromatic rings. The van der Waals surface area contributed by atoms with Crippen LogP contribution in [0.25, 0.3) is 11.0 Å². The summed E-state index contributed by atoms with van der Waals surface area (Å²) in [7, 11) is 0. The van der Waals surface area contributed by atoms with E-state index in [1.54, 1.807) is 12.4 Å². The minimum Gasteiger partial charge on any atom is -0.489 e. The van der Waals surface area contributed by atoms with E-state index >= 15 is 0 Å². The molecule has 0 unspecified atom stereocenters. The monoisotopic (exact) mass is 354 g/mol. The lowest BCUT2D eigenvalue weighted by Crippen LogP contribution is -2.08. The Labute approximate surface area is 152 Å². The Kier molecular flexibility index (Phi) is 4.49. The van der Waals surface area contributed by atoms with Crippen molar-refractivity contribution in [1.29, 1.82) is 0 Å². The molecule has 4 rings (SSSR count). The Hall–Kier alpha value is -2.63. The minimum absolute atomic E-state index is 0.0497. The van der Waals surface area contributed by atoms with Crippen LogP contribution in [-0.2, 0) is 12.8 Å². The molecule has 0 fully saturated rings. The Morgan fingerprint density at radius 3 is 2.85 bits per heavy atom. The van der Waals surface area contributed by atoms with Gasteiger partial charge in [0.1, 0.15) is 29.4 Å². The summed E-state index contributed by atoms with van der Waals surface area (Å²) >= 11 is 0. The molecule has 6 heteroatoms. The Bertz CT molecular complexity index is 935. The van der Waals surface area contributed by atoms with E-state index in [4.69, 9.17) is 4.74 Å². The van der Waals surface area contributed by atoms with Crippen molar-refractivity contribution in [2.45, 2.75) is 52.1 Å². The second-order valence-electron chi connectivity index (χ2n) is 7.02. The number of anilines is 2. The van der Waals surface area contributed by atoms with Crippen LogP contribution < -0.4 is 10.1 Å². The van der Waals surface area contributed by atoms with E-state index in [9.17, 15) is 4.39 Å². The van der Waals surface area contributed by atoms with Crippen LogP contribution >= 0.6 is 0 Å². The lowest BCUT2D eigenvalue weighted by Gasteiger charge is -2.16. The highest BCUT2D eigenvalue weighted by molar-refractivity contribution is 5.93. The average molecular weight is 354 g/mol. The number of aromatic amines is 1. The number of aryl methyl sites for hydroxylation is 2. The number of halogens is 1. The number of H-pyrrole nitrogens is 1. The first kappa shape index (κ1) is 16.8. The van der Waals surface area contributed by atoms with E-state index in [0.29, 0.717) is 11.4 Å². The fourth-order valence-electron chi connectivity index (χ4n) is 3.58. The number of ether oxygens (including phenoxy) is 1. The molecular formula is C20H23FN4O. The predicted molar refractivity (Wildman–Crippen MR) is 101 cm³/mol. The van der Waals surface area contributed by atoms with Crippen LogP contribution in [0.15, 0.2) is 24.5 Å². The zero-order valence-electron chi connectivity index (χ0n) is 15.1. The summed E-state index contributed by atoms with van der Waals surface area (Å²) in [5, 5.41) is 4.37. The van der Waals surface area contributed by atoms with E-state index in [1.807, 2.05) is 13.8 Å². The molecular weight excluding hydrogens is 331 g/mol. The van der Waals surface area contributed by atoms with Gasteiger partial charge in [-0.2, -0.15) is 0 Å². The van der Waals surface area contributed by atoms with Crippen LogP contribution in [-0.4, -0.2) is 21.1 Å². The van der Waals surface area contributed by atoms with Crippen LogP contribution in [0.1, 0.15) is 44.4 Å². The lowest BCUT2D eigenvalue weighted by atomic mass is 10.1. The van der Waals surface area contributed by atoms with Gasteiger partial charge in [0.2, 0.25) is 0 Å². The smallest absolute Gasteiger partial charge is 0.146 e. The lowest BCUT2D eigenvalue weighted by molar-refractivity contribution is 0.243. The van der Waals surface area contributed by atoms with E-state index in [0.717, 1.165) is 29.7 Å². The van der Waals surface area contributed by atoms with Gasteiger partial charge in [-0.05, 0) is 57.2 Å². The number of rotatable bonds is 4. The van der Waals surface area contributed by atoms with Gasteiger partial charge in [-0.3, -0.25) is 0 Å². The summed E-state index contributed by atoms with van der Waals surface area (Å²) in [6, 6.07) is 4.51. The Balaban J connectivity index is 1.77. The molecule has 1 aliphatic rings. The third-order valence-corrected chi connectivity index (χ3v) is 4.70. The molecule has 0 bridgehead atoms. The van der Waals surface area contributed by atoms with E-state index in [2.05, 4.69) is 20.3 Å².